The van der Waals surface area contributed by atoms with Crippen LogP contribution in [0.1, 0.15) is 11.4 Å². The molecule has 0 aliphatic heterocycles. The van der Waals surface area contributed by atoms with Crippen LogP contribution < -0.4 is 4.90 Å². The Hall–Kier alpha value is -1.70. The van der Waals surface area contributed by atoms with Gasteiger partial charge in [-0.15, -0.1) is 0 Å². The van der Waals surface area contributed by atoms with Crippen LogP contribution >= 0.6 is 15.9 Å². The quantitative estimate of drug-likeness (QED) is 0.838. The summed E-state index contributed by atoms with van der Waals surface area (Å²) in [5.41, 5.74) is -0.149. The van der Waals surface area contributed by atoms with E-state index in [-0.39, 0.29) is 10.3 Å². The van der Waals surface area contributed by atoms with E-state index >= 15 is 0 Å². The molecule has 0 amide bonds. The summed E-state index contributed by atoms with van der Waals surface area (Å²) >= 11 is 2.87. The maximum Gasteiger partial charge on any atom is 0.434 e. The van der Waals surface area contributed by atoms with Crippen LogP contribution in [0.15, 0.2) is 35.2 Å². The Labute approximate surface area is 128 Å². The number of anilines is 1. The third kappa shape index (κ3) is 4.13. The van der Waals surface area contributed by atoms with E-state index < -0.39 is 11.9 Å². The molecule has 0 aliphatic rings. The summed E-state index contributed by atoms with van der Waals surface area (Å²) in [5.74, 6) is 0.259. The van der Waals surface area contributed by atoms with Gasteiger partial charge < -0.3 is 4.90 Å². The predicted molar refractivity (Wildman–Crippen MR) is 75.9 cm³/mol. The zero-order chi connectivity index (χ0) is 15.5. The first kappa shape index (κ1) is 15.7. The van der Waals surface area contributed by atoms with Crippen LogP contribution in [0.4, 0.5) is 19.0 Å². The number of likely N-dealkylation sites (N-methyl/N-ethyl adjacent to an activating group) is 1. The Bertz CT molecular complexity index is 604. The van der Waals surface area contributed by atoms with Gasteiger partial charge in [0.05, 0.1) is 5.69 Å². The molecule has 0 fully saturated rings. The highest BCUT2D eigenvalue weighted by atomic mass is 79.9. The Morgan fingerprint density at radius 1 is 1.24 bits per heavy atom. The molecule has 0 aromatic carbocycles. The predicted octanol–water partition coefficient (Wildman–Crippen LogP) is 3.33. The first-order valence-corrected chi connectivity index (χ1v) is 6.87. The highest BCUT2D eigenvalue weighted by Gasteiger charge is 2.35. The smallest absolute Gasteiger partial charge is 0.359 e. The summed E-state index contributed by atoms with van der Waals surface area (Å²) in [6.07, 6.45) is 0.863. The van der Waals surface area contributed by atoms with Gasteiger partial charge in [0.15, 0.2) is 5.69 Å². The average molecular weight is 361 g/mol. The summed E-state index contributed by atoms with van der Waals surface area (Å²) < 4.78 is 38.4. The Morgan fingerprint density at radius 3 is 2.62 bits per heavy atom. The summed E-state index contributed by atoms with van der Waals surface area (Å²) in [6, 6.07) is 2.89. The molecule has 0 bridgehead atoms. The number of hydrogen-bond acceptors (Lipinski definition) is 4. The topological polar surface area (TPSA) is 41.9 Å². The van der Waals surface area contributed by atoms with E-state index in [0.717, 1.165) is 5.69 Å². The maximum atomic E-state index is 12.8. The zero-order valence-electron chi connectivity index (χ0n) is 11.1. The molecule has 0 spiro atoms. The summed E-state index contributed by atoms with van der Waals surface area (Å²) in [5, 5.41) is 0. The Balaban J connectivity index is 2.11. The highest BCUT2D eigenvalue weighted by Crippen LogP contribution is 2.34. The van der Waals surface area contributed by atoms with Crippen LogP contribution in [-0.4, -0.2) is 28.5 Å². The molecule has 21 heavy (non-hydrogen) atoms. The van der Waals surface area contributed by atoms with Crippen molar-refractivity contribution in [3.8, 4) is 0 Å². The fraction of sp³-hybridized carbons (Fsp3) is 0.308. The molecule has 2 heterocycles. The van der Waals surface area contributed by atoms with Crippen LogP contribution in [0.5, 0.6) is 0 Å². The van der Waals surface area contributed by atoms with Crippen molar-refractivity contribution < 1.29 is 13.2 Å². The number of halogens is 4. The first-order valence-electron chi connectivity index (χ1n) is 6.07. The largest absolute Gasteiger partial charge is 0.434 e. The molecular weight excluding hydrogens is 349 g/mol. The molecule has 8 heteroatoms. The van der Waals surface area contributed by atoms with Gasteiger partial charge in [-0.05, 0) is 28.1 Å². The van der Waals surface area contributed by atoms with Crippen molar-refractivity contribution >= 4 is 21.7 Å². The standard InChI is InChI=1S/C13H12BrF3N4/c1-21(7-4-9-8-18-5-6-19-9)11-3-2-10(14)12(20-11)13(15,16)17/h2-3,5-6,8H,4,7H2,1H3. The van der Waals surface area contributed by atoms with Gasteiger partial charge in [-0.25, -0.2) is 4.98 Å². The van der Waals surface area contributed by atoms with Gasteiger partial charge in [0.2, 0.25) is 0 Å². The molecule has 2 aromatic heterocycles. The molecular formula is C13H12BrF3N4. The summed E-state index contributed by atoms with van der Waals surface area (Å²) in [6.45, 7) is 0.491. The van der Waals surface area contributed by atoms with Crippen LogP contribution in [0.25, 0.3) is 0 Å². The second kappa shape index (κ2) is 6.38. The molecule has 2 aromatic rings. The number of rotatable bonds is 4. The number of nitrogens with zero attached hydrogens (tertiary/aromatic N) is 4. The lowest BCUT2D eigenvalue weighted by atomic mass is 10.3. The Kier molecular flexibility index (Phi) is 4.76. The van der Waals surface area contributed by atoms with E-state index in [1.165, 1.54) is 12.1 Å². The monoisotopic (exact) mass is 360 g/mol. The van der Waals surface area contributed by atoms with Crippen LogP contribution in [0.3, 0.4) is 0 Å². The minimum Gasteiger partial charge on any atom is -0.359 e. The SMILES string of the molecule is CN(CCc1cnccn1)c1ccc(Br)c(C(F)(F)F)n1. The van der Waals surface area contributed by atoms with Crippen LogP contribution in [-0.2, 0) is 12.6 Å². The molecule has 0 atom stereocenters. The van der Waals surface area contributed by atoms with Crippen molar-refractivity contribution in [1.29, 1.82) is 0 Å². The van der Waals surface area contributed by atoms with Crippen LogP contribution in [0.2, 0.25) is 0 Å². The number of pyridine rings is 1. The Morgan fingerprint density at radius 2 is 2.00 bits per heavy atom. The van der Waals surface area contributed by atoms with Crippen LogP contribution in [0, 0.1) is 0 Å². The molecule has 0 unspecified atom stereocenters. The highest BCUT2D eigenvalue weighted by molar-refractivity contribution is 9.10. The van der Waals surface area contributed by atoms with Gasteiger partial charge in [-0.3, -0.25) is 9.97 Å². The minimum atomic E-state index is -4.49. The van der Waals surface area contributed by atoms with Gasteiger partial charge >= 0.3 is 6.18 Å². The van der Waals surface area contributed by atoms with Gasteiger partial charge in [0.25, 0.3) is 0 Å². The summed E-state index contributed by atoms with van der Waals surface area (Å²) in [4.78, 5) is 13.4. The van der Waals surface area contributed by atoms with E-state index in [1.807, 2.05) is 0 Å². The third-order valence-electron chi connectivity index (χ3n) is 2.81. The number of hydrogen-bond donors (Lipinski definition) is 0. The summed E-state index contributed by atoms with van der Waals surface area (Å²) in [7, 11) is 1.69. The van der Waals surface area contributed by atoms with E-state index in [1.54, 1.807) is 30.5 Å². The first-order chi connectivity index (χ1) is 9.88. The lowest BCUT2D eigenvalue weighted by Crippen LogP contribution is -2.23. The van der Waals surface area contributed by atoms with E-state index in [4.69, 9.17) is 0 Å². The minimum absolute atomic E-state index is 0.0684. The second-order valence-electron chi connectivity index (χ2n) is 4.37. The molecule has 112 valence electrons. The normalized spacial score (nSPS) is 11.5. The van der Waals surface area contributed by atoms with Crippen molar-refractivity contribution in [3.05, 3.63) is 46.6 Å². The second-order valence-corrected chi connectivity index (χ2v) is 5.22. The fourth-order valence-electron chi connectivity index (χ4n) is 1.70. The molecule has 2 rings (SSSR count). The molecule has 0 saturated heterocycles. The average Bonchev–Trinajstić information content (AvgIpc) is 2.45. The molecule has 4 nitrogen and oxygen atoms in total. The van der Waals surface area contributed by atoms with E-state index in [0.29, 0.717) is 13.0 Å². The van der Waals surface area contributed by atoms with Crippen molar-refractivity contribution in [2.75, 3.05) is 18.5 Å². The maximum absolute atomic E-state index is 12.8. The molecule has 0 saturated carbocycles. The van der Waals surface area contributed by atoms with Crippen molar-refractivity contribution in [3.63, 3.8) is 0 Å². The number of aromatic nitrogens is 3. The van der Waals surface area contributed by atoms with E-state index in [9.17, 15) is 13.2 Å². The number of alkyl halides is 3. The molecule has 0 aliphatic carbocycles. The van der Waals surface area contributed by atoms with Crippen molar-refractivity contribution in [2.24, 2.45) is 0 Å². The van der Waals surface area contributed by atoms with Crippen molar-refractivity contribution in [2.45, 2.75) is 12.6 Å². The molecule has 0 N–H and O–H groups in total. The lowest BCUT2D eigenvalue weighted by molar-refractivity contribution is -0.141. The fourth-order valence-corrected chi connectivity index (χ4v) is 2.14. The van der Waals surface area contributed by atoms with Gasteiger partial charge in [-0.1, -0.05) is 0 Å². The van der Waals surface area contributed by atoms with Gasteiger partial charge in [0, 0.05) is 43.1 Å². The van der Waals surface area contributed by atoms with E-state index in [2.05, 4.69) is 30.9 Å². The lowest BCUT2D eigenvalue weighted by Gasteiger charge is -2.19. The van der Waals surface area contributed by atoms with Crippen molar-refractivity contribution in [1.82, 2.24) is 15.0 Å². The zero-order valence-corrected chi connectivity index (χ0v) is 12.7. The van der Waals surface area contributed by atoms with Gasteiger partial charge in [0.1, 0.15) is 5.82 Å². The third-order valence-corrected chi connectivity index (χ3v) is 3.45. The van der Waals surface area contributed by atoms with Gasteiger partial charge in [-0.2, -0.15) is 13.2 Å². The molecule has 0 radical (unpaired) electrons.